The van der Waals surface area contributed by atoms with E-state index in [1.807, 2.05) is 4.90 Å². The highest BCUT2D eigenvalue weighted by molar-refractivity contribution is 9.09. The number of likely N-dealkylation sites (tertiary alicyclic amines) is 1. The van der Waals surface area contributed by atoms with Crippen LogP contribution in [0, 0.1) is 11.8 Å². The van der Waals surface area contributed by atoms with Crippen LogP contribution >= 0.6 is 15.9 Å². The minimum Gasteiger partial charge on any atom is -0.339 e. The molecule has 74 valence electrons. The van der Waals surface area contributed by atoms with Crippen LogP contribution in [0.2, 0.25) is 0 Å². The molecule has 0 aromatic rings. The molecule has 3 heteroatoms. The first kappa shape index (κ1) is 9.50. The average molecular weight is 246 g/mol. The van der Waals surface area contributed by atoms with Gasteiger partial charge in [0, 0.05) is 23.3 Å². The van der Waals surface area contributed by atoms with Gasteiger partial charge in [0.2, 0.25) is 5.91 Å². The molecule has 4 atom stereocenters. The summed E-state index contributed by atoms with van der Waals surface area (Å²) in [6, 6.07) is 0.435. The fourth-order valence-corrected chi connectivity index (χ4v) is 3.00. The Morgan fingerprint density at radius 3 is 2.38 bits per heavy atom. The molecular formula is C10H16BrNO. The Balaban J connectivity index is 1.97. The Kier molecular flexibility index (Phi) is 2.39. The van der Waals surface area contributed by atoms with Gasteiger partial charge in [0.15, 0.2) is 0 Å². The number of amides is 1. The van der Waals surface area contributed by atoms with Gasteiger partial charge in [-0.15, -0.1) is 0 Å². The maximum absolute atomic E-state index is 11.9. The quantitative estimate of drug-likeness (QED) is 0.648. The number of hydrogen-bond donors (Lipinski definition) is 0. The number of carbonyl (C=O) groups excluding carboxylic acids is 1. The number of alkyl halides is 1. The van der Waals surface area contributed by atoms with Gasteiger partial charge in [-0.05, 0) is 25.7 Å². The minimum absolute atomic E-state index is 0.347. The molecule has 0 bridgehead atoms. The maximum atomic E-state index is 11.9. The summed E-state index contributed by atoms with van der Waals surface area (Å²) in [5, 5.41) is 0. The van der Waals surface area contributed by atoms with E-state index in [0.717, 1.165) is 19.4 Å². The molecule has 0 spiro atoms. The summed E-state index contributed by atoms with van der Waals surface area (Å²) in [6.45, 7) is 5.21. The molecule has 0 aromatic heterocycles. The lowest BCUT2D eigenvalue weighted by atomic mass is 10.2. The van der Waals surface area contributed by atoms with E-state index in [0.29, 0.717) is 28.6 Å². The molecule has 1 aliphatic heterocycles. The molecule has 2 fully saturated rings. The standard InChI is InChI=1S/C10H16BrNO/c1-6-3-9(6)10(13)12-5-8(11)4-7(12)2/h6-9H,3-5H2,1-2H3. The van der Waals surface area contributed by atoms with Crippen LogP contribution < -0.4 is 0 Å². The third-order valence-electron chi connectivity index (χ3n) is 3.23. The van der Waals surface area contributed by atoms with Gasteiger partial charge in [-0.2, -0.15) is 0 Å². The normalized spacial score (nSPS) is 43.8. The SMILES string of the molecule is CC1CC1C(=O)N1CC(Br)CC1C. The molecule has 1 heterocycles. The van der Waals surface area contributed by atoms with Crippen molar-refractivity contribution in [2.45, 2.75) is 37.6 Å². The lowest BCUT2D eigenvalue weighted by molar-refractivity contribution is -0.133. The minimum atomic E-state index is 0.347. The van der Waals surface area contributed by atoms with E-state index in [4.69, 9.17) is 0 Å². The number of halogens is 1. The molecule has 2 nitrogen and oxygen atoms in total. The van der Waals surface area contributed by atoms with Crippen molar-refractivity contribution in [3.63, 3.8) is 0 Å². The van der Waals surface area contributed by atoms with E-state index in [9.17, 15) is 4.79 Å². The second-order valence-electron chi connectivity index (χ2n) is 4.49. The molecular weight excluding hydrogens is 230 g/mol. The lowest BCUT2D eigenvalue weighted by Gasteiger charge is -2.21. The van der Waals surface area contributed by atoms with E-state index >= 15 is 0 Å². The van der Waals surface area contributed by atoms with E-state index < -0.39 is 0 Å². The van der Waals surface area contributed by atoms with Crippen molar-refractivity contribution in [3.8, 4) is 0 Å². The summed E-state index contributed by atoms with van der Waals surface area (Å²) < 4.78 is 0. The Bertz CT molecular complexity index is 231. The second kappa shape index (κ2) is 3.26. The van der Waals surface area contributed by atoms with Crippen molar-refractivity contribution in [1.82, 2.24) is 4.90 Å². The molecule has 2 aliphatic rings. The largest absolute Gasteiger partial charge is 0.339 e. The van der Waals surface area contributed by atoms with Crippen molar-refractivity contribution in [1.29, 1.82) is 0 Å². The van der Waals surface area contributed by atoms with Crippen LogP contribution in [-0.4, -0.2) is 28.2 Å². The molecule has 13 heavy (non-hydrogen) atoms. The lowest BCUT2D eigenvalue weighted by Crippen LogP contribution is -2.35. The summed E-state index contributed by atoms with van der Waals surface area (Å²) in [7, 11) is 0. The first-order valence-corrected chi connectivity index (χ1v) is 5.95. The van der Waals surface area contributed by atoms with E-state index in [-0.39, 0.29) is 0 Å². The van der Waals surface area contributed by atoms with Crippen LogP contribution in [0.5, 0.6) is 0 Å². The fraction of sp³-hybridized carbons (Fsp3) is 0.900. The highest BCUT2D eigenvalue weighted by atomic mass is 79.9. The fourth-order valence-electron chi connectivity index (χ4n) is 2.15. The van der Waals surface area contributed by atoms with Gasteiger partial charge in [0.1, 0.15) is 0 Å². The molecule has 4 unspecified atom stereocenters. The summed E-state index contributed by atoms with van der Waals surface area (Å²) in [4.78, 5) is 14.4. The summed E-state index contributed by atoms with van der Waals surface area (Å²) >= 11 is 3.58. The van der Waals surface area contributed by atoms with Gasteiger partial charge in [-0.1, -0.05) is 22.9 Å². The molecule has 2 rings (SSSR count). The zero-order valence-corrected chi connectivity index (χ0v) is 9.75. The second-order valence-corrected chi connectivity index (χ2v) is 5.79. The summed E-state index contributed by atoms with van der Waals surface area (Å²) in [6.07, 6.45) is 2.21. The van der Waals surface area contributed by atoms with E-state index in [1.165, 1.54) is 0 Å². The molecule has 1 saturated carbocycles. The van der Waals surface area contributed by atoms with Crippen molar-refractivity contribution in [2.75, 3.05) is 6.54 Å². The van der Waals surface area contributed by atoms with Crippen LogP contribution in [0.1, 0.15) is 26.7 Å². The Morgan fingerprint density at radius 2 is 2.00 bits per heavy atom. The van der Waals surface area contributed by atoms with Crippen LogP contribution in [-0.2, 0) is 4.79 Å². The van der Waals surface area contributed by atoms with Gasteiger partial charge in [0.05, 0.1) is 0 Å². The van der Waals surface area contributed by atoms with Gasteiger partial charge >= 0.3 is 0 Å². The highest BCUT2D eigenvalue weighted by Crippen LogP contribution is 2.40. The van der Waals surface area contributed by atoms with Crippen molar-refractivity contribution in [3.05, 3.63) is 0 Å². The van der Waals surface area contributed by atoms with Crippen LogP contribution in [0.3, 0.4) is 0 Å². The Labute approximate surface area is 87.8 Å². The van der Waals surface area contributed by atoms with Gasteiger partial charge < -0.3 is 4.90 Å². The monoisotopic (exact) mass is 245 g/mol. The van der Waals surface area contributed by atoms with Crippen LogP contribution in [0.4, 0.5) is 0 Å². The molecule has 0 N–H and O–H groups in total. The van der Waals surface area contributed by atoms with Crippen molar-refractivity contribution < 1.29 is 4.79 Å². The van der Waals surface area contributed by atoms with E-state index in [2.05, 4.69) is 29.8 Å². The molecule has 0 radical (unpaired) electrons. The first-order chi connectivity index (χ1) is 6.09. The highest BCUT2D eigenvalue weighted by Gasteiger charge is 2.44. The Hall–Kier alpha value is -0.0500. The van der Waals surface area contributed by atoms with E-state index in [1.54, 1.807) is 0 Å². The third-order valence-corrected chi connectivity index (χ3v) is 3.90. The van der Waals surface area contributed by atoms with Gasteiger partial charge in [-0.25, -0.2) is 0 Å². The molecule has 1 saturated heterocycles. The smallest absolute Gasteiger partial charge is 0.226 e. The van der Waals surface area contributed by atoms with Crippen molar-refractivity contribution in [2.24, 2.45) is 11.8 Å². The molecule has 0 aromatic carbocycles. The van der Waals surface area contributed by atoms with Crippen LogP contribution in [0.25, 0.3) is 0 Å². The first-order valence-electron chi connectivity index (χ1n) is 5.04. The predicted molar refractivity (Wildman–Crippen MR) is 55.8 cm³/mol. The Morgan fingerprint density at radius 1 is 1.38 bits per heavy atom. The predicted octanol–water partition coefficient (Wildman–Crippen LogP) is 2.03. The average Bonchev–Trinajstić information content (AvgIpc) is 2.67. The maximum Gasteiger partial charge on any atom is 0.226 e. The number of nitrogens with zero attached hydrogens (tertiary/aromatic N) is 1. The summed E-state index contributed by atoms with van der Waals surface area (Å²) in [5.41, 5.74) is 0. The summed E-state index contributed by atoms with van der Waals surface area (Å²) in [5.74, 6) is 1.37. The topological polar surface area (TPSA) is 20.3 Å². The van der Waals surface area contributed by atoms with Crippen molar-refractivity contribution >= 4 is 21.8 Å². The molecule has 1 amide bonds. The number of rotatable bonds is 1. The number of hydrogen-bond acceptors (Lipinski definition) is 1. The number of carbonyl (C=O) groups is 1. The molecule has 1 aliphatic carbocycles. The zero-order valence-electron chi connectivity index (χ0n) is 8.16. The van der Waals surface area contributed by atoms with Gasteiger partial charge in [0.25, 0.3) is 0 Å². The van der Waals surface area contributed by atoms with Gasteiger partial charge in [-0.3, -0.25) is 4.79 Å². The van der Waals surface area contributed by atoms with Crippen LogP contribution in [0.15, 0.2) is 0 Å². The third kappa shape index (κ3) is 1.76. The zero-order chi connectivity index (χ0) is 9.59.